The molecule has 2 amide bonds. The number of benzene rings is 4. The highest BCUT2D eigenvalue weighted by molar-refractivity contribution is 7.80. The lowest BCUT2D eigenvalue weighted by Crippen LogP contribution is -2.34. The fraction of sp³-hybridized carbons (Fsp3) is 0.0571. The van der Waals surface area contributed by atoms with Gasteiger partial charge in [-0.1, -0.05) is 78.4 Å². The summed E-state index contributed by atoms with van der Waals surface area (Å²) < 4.78 is 6.00. The van der Waals surface area contributed by atoms with E-state index in [0.29, 0.717) is 22.2 Å². The molecule has 0 saturated carbocycles. The molecule has 4 aromatic carbocycles. The third-order valence-electron chi connectivity index (χ3n) is 6.45. The molecule has 1 aromatic heterocycles. The molecule has 1 heterocycles. The maximum absolute atomic E-state index is 13.4. The van der Waals surface area contributed by atoms with Crippen molar-refractivity contribution in [1.29, 1.82) is 0 Å². The maximum atomic E-state index is 13.4. The van der Waals surface area contributed by atoms with Gasteiger partial charge in [0.15, 0.2) is 5.11 Å². The van der Waals surface area contributed by atoms with Gasteiger partial charge >= 0.3 is 0 Å². The molecule has 0 fully saturated rings. The number of rotatable bonds is 9. The minimum absolute atomic E-state index is 0.0566. The van der Waals surface area contributed by atoms with Gasteiger partial charge in [0.25, 0.3) is 11.8 Å². The van der Waals surface area contributed by atoms with Gasteiger partial charge < -0.3 is 25.7 Å². The Morgan fingerprint density at radius 1 is 0.767 bits per heavy atom. The molecule has 0 saturated heterocycles. The second kappa shape index (κ2) is 13.9. The summed E-state index contributed by atoms with van der Waals surface area (Å²) in [7, 11) is 0. The number of hydrogen-bond acceptors (Lipinski definition) is 4. The standard InChI is InChI=1S/C35H30N4O3S/c1-24-15-17-26(18-16-24)32-20-19-30(42-32)22-31(39-33(40)27-10-4-2-5-11-27)34(41)36-23-25-9-8-14-29(21-25)38-35(43)37-28-12-6-3-7-13-28/h2-22H,23H2,1H3,(H,36,41)(H,39,40)(H2,37,38,43)/b31-22-. The van der Waals surface area contributed by atoms with Gasteiger partial charge in [0.2, 0.25) is 0 Å². The number of furan rings is 1. The first-order valence-electron chi connectivity index (χ1n) is 13.7. The minimum atomic E-state index is -0.461. The third kappa shape index (κ3) is 8.28. The van der Waals surface area contributed by atoms with E-state index in [1.807, 2.05) is 97.9 Å². The van der Waals surface area contributed by atoms with E-state index in [1.165, 1.54) is 6.08 Å². The Morgan fingerprint density at radius 2 is 1.44 bits per heavy atom. The molecule has 43 heavy (non-hydrogen) atoms. The monoisotopic (exact) mass is 586 g/mol. The topological polar surface area (TPSA) is 95.4 Å². The Morgan fingerprint density at radius 3 is 2.19 bits per heavy atom. The van der Waals surface area contributed by atoms with Gasteiger partial charge in [0.05, 0.1) is 0 Å². The Labute approximate surface area is 255 Å². The van der Waals surface area contributed by atoms with E-state index in [2.05, 4.69) is 21.3 Å². The number of aryl methyl sites for hydroxylation is 1. The molecule has 8 heteroatoms. The van der Waals surface area contributed by atoms with Crippen LogP contribution >= 0.6 is 12.2 Å². The van der Waals surface area contributed by atoms with Crippen molar-refractivity contribution in [2.45, 2.75) is 13.5 Å². The number of carbonyl (C=O) groups is 2. The molecule has 0 atom stereocenters. The van der Waals surface area contributed by atoms with E-state index in [1.54, 1.807) is 30.3 Å². The molecule has 0 radical (unpaired) electrons. The van der Waals surface area contributed by atoms with Gasteiger partial charge in [-0.25, -0.2) is 0 Å². The van der Waals surface area contributed by atoms with Crippen LogP contribution in [0.1, 0.15) is 27.2 Å². The van der Waals surface area contributed by atoms with Crippen molar-refractivity contribution in [1.82, 2.24) is 10.6 Å². The van der Waals surface area contributed by atoms with Crippen molar-refractivity contribution >= 4 is 46.6 Å². The van der Waals surface area contributed by atoms with E-state index in [0.717, 1.165) is 28.1 Å². The van der Waals surface area contributed by atoms with E-state index in [4.69, 9.17) is 16.6 Å². The zero-order chi connectivity index (χ0) is 30.0. The molecule has 5 aromatic rings. The number of thiocarbonyl (C=S) groups is 1. The number of nitrogens with one attached hydrogen (secondary N) is 4. The zero-order valence-corrected chi connectivity index (χ0v) is 24.3. The molecular weight excluding hydrogens is 556 g/mol. The largest absolute Gasteiger partial charge is 0.457 e. The van der Waals surface area contributed by atoms with Crippen molar-refractivity contribution in [2.24, 2.45) is 0 Å². The average Bonchev–Trinajstić information content (AvgIpc) is 3.49. The summed E-state index contributed by atoms with van der Waals surface area (Å²) in [5.74, 6) is 0.222. The Kier molecular flexibility index (Phi) is 9.41. The first-order valence-corrected chi connectivity index (χ1v) is 14.1. The van der Waals surface area contributed by atoms with Crippen LogP contribution in [0.3, 0.4) is 0 Å². The molecule has 0 spiro atoms. The van der Waals surface area contributed by atoms with Crippen LogP contribution in [-0.2, 0) is 11.3 Å². The van der Waals surface area contributed by atoms with Crippen LogP contribution in [0.5, 0.6) is 0 Å². The van der Waals surface area contributed by atoms with Gasteiger partial charge in [0.1, 0.15) is 17.2 Å². The van der Waals surface area contributed by atoms with Crippen molar-refractivity contribution in [3.05, 3.63) is 149 Å². The highest BCUT2D eigenvalue weighted by Gasteiger charge is 2.16. The summed E-state index contributed by atoms with van der Waals surface area (Å²) >= 11 is 5.43. The number of anilines is 2. The number of amides is 2. The average molecular weight is 587 g/mol. The zero-order valence-electron chi connectivity index (χ0n) is 23.5. The van der Waals surface area contributed by atoms with Crippen LogP contribution < -0.4 is 21.3 Å². The third-order valence-corrected chi connectivity index (χ3v) is 6.65. The van der Waals surface area contributed by atoms with E-state index < -0.39 is 11.8 Å². The molecule has 0 unspecified atom stereocenters. The van der Waals surface area contributed by atoms with E-state index in [9.17, 15) is 9.59 Å². The first-order chi connectivity index (χ1) is 20.9. The van der Waals surface area contributed by atoms with Gasteiger partial charge in [-0.05, 0) is 73.2 Å². The van der Waals surface area contributed by atoms with Gasteiger partial charge in [-0.15, -0.1) is 0 Å². The Bertz CT molecular complexity index is 1750. The van der Waals surface area contributed by atoms with E-state index >= 15 is 0 Å². The van der Waals surface area contributed by atoms with Crippen LogP contribution in [-0.4, -0.2) is 16.9 Å². The molecule has 0 aliphatic rings. The molecular formula is C35H30N4O3S. The minimum Gasteiger partial charge on any atom is -0.457 e. The van der Waals surface area contributed by atoms with Gasteiger partial charge in [0, 0.05) is 35.1 Å². The number of carbonyl (C=O) groups excluding carboxylic acids is 2. The summed E-state index contributed by atoms with van der Waals surface area (Å²) in [6, 6.07) is 37.4. The SMILES string of the molecule is Cc1ccc(-c2ccc(/C=C(\NC(=O)c3ccccc3)C(=O)NCc3cccc(NC(=S)Nc4ccccc4)c3)o2)cc1. The van der Waals surface area contributed by atoms with Crippen molar-refractivity contribution in [2.75, 3.05) is 10.6 Å². The van der Waals surface area contributed by atoms with Crippen LogP contribution in [0.2, 0.25) is 0 Å². The molecule has 214 valence electrons. The quantitative estimate of drug-likeness (QED) is 0.108. The number of para-hydroxylation sites is 1. The van der Waals surface area contributed by atoms with Crippen LogP contribution in [0.15, 0.2) is 131 Å². The highest BCUT2D eigenvalue weighted by atomic mass is 32.1. The van der Waals surface area contributed by atoms with Crippen molar-refractivity contribution in [3.63, 3.8) is 0 Å². The lowest BCUT2D eigenvalue weighted by Gasteiger charge is -2.13. The molecule has 0 aliphatic heterocycles. The summed E-state index contributed by atoms with van der Waals surface area (Å²) in [6.45, 7) is 2.24. The first kappa shape index (κ1) is 29.0. The lowest BCUT2D eigenvalue weighted by atomic mass is 10.1. The molecule has 0 bridgehead atoms. The molecule has 7 nitrogen and oxygen atoms in total. The van der Waals surface area contributed by atoms with Crippen molar-refractivity contribution < 1.29 is 14.0 Å². The summed E-state index contributed by atoms with van der Waals surface area (Å²) in [6.07, 6.45) is 1.53. The molecule has 0 aliphatic carbocycles. The van der Waals surface area contributed by atoms with Gasteiger partial charge in [-0.2, -0.15) is 0 Å². The second-order valence-electron chi connectivity index (χ2n) is 9.77. The van der Waals surface area contributed by atoms with E-state index in [-0.39, 0.29) is 12.2 Å². The predicted molar refractivity (Wildman–Crippen MR) is 175 cm³/mol. The summed E-state index contributed by atoms with van der Waals surface area (Å²) in [5.41, 5.74) is 5.04. The maximum Gasteiger partial charge on any atom is 0.268 e. The normalized spacial score (nSPS) is 11.0. The summed E-state index contributed by atoms with van der Waals surface area (Å²) in [4.78, 5) is 26.4. The Balaban J connectivity index is 1.29. The predicted octanol–water partition coefficient (Wildman–Crippen LogP) is 7.15. The highest BCUT2D eigenvalue weighted by Crippen LogP contribution is 2.24. The Hall–Kier alpha value is -5.47. The fourth-order valence-electron chi connectivity index (χ4n) is 4.24. The van der Waals surface area contributed by atoms with Gasteiger partial charge in [-0.3, -0.25) is 9.59 Å². The van der Waals surface area contributed by atoms with Crippen molar-refractivity contribution in [3.8, 4) is 11.3 Å². The molecule has 4 N–H and O–H groups in total. The fourth-order valence-corrected chi connectivity index (χ4v) is 4.48. The van der Waals surface area contributed by atoms with Crippen LogP contribution in [0.25, 0.3) is 17.4 Å². The summed E-state index contributed by atoms with van der Waals surface area (Å²) in [5, 5.41) is 12.4. The lowest BCUT2D eigenvalue weighted by molar-refractivity contribution is -0.117. The number of hydrogen-bond donors (Lipinski definition) is 4. The second-order valence-corrected chi connectivity index (χ2v) is 10.2. The van der Waals surface area contributed by atoms with Crippen LogP contribution in [0, 0.1) is 6.92 Å². The molecule has 5 rings (SSSR count). The smallest absolute Gasteiger partial charge is 0.268 e. The van der Waals surface area contributed by atoms with Crippen LogP contribution in [0.4, 0.5) is 11.4 Å².